The van der Waals surface area contributed by atoms with E-state index >= 15 is 0 Å². The number of thiazole rings is 1. The lowest BCUT2D eigenvalue weighted by Gasteiger charge is -2.12. The van der Waals surface area contributed by atoms with Crippen molar-refractivity contribution in [2.24, 2.45) is 0 Å². The lowest BCUT2D eigenvalue weighted by molar-refractivity contribution is 0.903. The summed E-state index contributed by atoms with van der Waals surface area (Å²) in [6, 6.07) is 8.71. The van der Waals surface area contributed by atoms with Gasteiger partial charge in [-0.25, -0.2) is 0 Å². The lowest BCUT2D eigenvalue weighted by atomic mass is 10.2. The van der Waals surface area contributed by atoms with E-state index < -0.39 is 0 Å². The molecule has 0 aliphatic rings. The van der Waals surface area contributed by atoms with Crippen molar-refractivity contribution in [3.63, 3.8) is 0 Å². The second kappa shape index (κ2) is 4.94. The van der Waals surface area contributed by atoms with Gasteiger partial charge in [0, 0.05) is 20.3 Å². The first-order chi connectivity index (χ1) is 7.25. The molecule has 0 saturated heterocycles. The molecule has 1 heterocycles. The molecule has 0 aliphatic heterocycles. The Labute approximate surface area is 107 Å². The Morgan fingerprint density at radius 3 is 2.67 bits per heavy atom. The number of rotatable bonds is 3. The normalized spacial score (nSPS) is 12.4. The summed E-state index contributed by atoms with van der Waals surface area (Å²) in [6.07, 6.45) is 1.91. The third kappa shape index (κ3) is 2.92. The van der Waals surface area contributed by atoms with Crippen LogP contribution < -0.4 is 5.32 Å². The first-order valence-electron chi connectivity index (χ1n) is 4.66. The molecular formula is C11H11IN2S. The van der Waals surface area contributed by atoms with E-state index in [1.165, 1.54) is 8.45 Å². The second-order valence-corrected chi connectivity index (χ2v) is 5.44. The average Bonchev–Trinajstić information content (AvgIpc) is 2.74. The summed E-state index contributed by atoms with van der Waals surface area (Å²) in [4.78, 5) is 5.33. The molecule has 0 aliphatic carbocycles. The zero-order valence-corrected chi connectivity index (χ0v) is 11.2. The van der Waals surface area contributed by atoms with Crippen LogP contribution in [0.15, 0.2) is 36.0 Å². The molecule has 1 atom stereocenters. The van der Waals surface area contributed by atoms with E-state index in [1.54, 1.807) is 11.3 Å². The van der Waals surface area contributed by atoms with Crippen molar-refractivity contribution in [3.05, 3.63) is 44.4 Å². The maximum absolute atomic E-state index is 4.08. The summed E-state index contributed by atoms with van der Waals surface area (Å²) < 4.78 is 1.25. The summed E-state index contributed by atoms with van der Waals surface area (Å²) >= 11 is 3.98. The lowest BCUT2D eigenvalue weighted by Crippen LogP contribution is -2.04. The zero-order valence-electron chi connectivity index (χ0n) is 8.27. The first-order valence-corrected chi connectivity index (χ1v) is 6.62. The SMILES string of the molecule is CC(Nc1ccc(I)cc1)c1cncs1. The molecule has 1 aromatic carbocycles. The van der Waals surface area contributed by atoms with Crippen LogP contribution in [-0.4, -0.2) is 4.98 Å². The number of hydrogen-bond donors (Lipinski definition) is 1. The largest absolute Gasteiger partial charge is 0.378 e. The predicted molar refractivity (Wildman–Crippen MR) is 73.3 cm³/mol. The van der Waals surface area contributed by atoms with Crippen molar-refractivity contribution < 1.29 is 0 Å². The van der Waals surface area contributed by atoms with Gasteiger partial charge in [-0.2, -0.15) is 0 Å². The summed E-state index contributed by atoms with van der Waals surface area (Å²) in [7, 11) is 0. The van der Waals surface area contributed by atoms with E-state index in [1.807, 2.05) is 11.7 Å². The highest BCUT2D eigenvalue weighted by molar-refractivity contribution is 14.1. The molecule has 0 bridgehead atoms. The van der Waals surface area contributed by atoms with Gasteiger partial charge in [0.25, 0.3) is 0 Å². The molecule has 15 heavy (non-hydrogen) atoms. The number of benzene rings is 1. The van der Waals surface area contributed by atoms with E-state index in [2.05, 4.69) is 64.1 Å². The van der Waals surface area contributed by atoms with Crippen molar-refractivity contribution >= 4 is 39.6 Å². The van der Waals surface area contributed by atoms with Crippen LogP contribution in [0.3, 0.4) is 0 Å². The smallest absolute Gasteiger partial charge is 0.0795 e. The van der Waals surface area contributed by atoms with Crippen molar-refractivity contribution in [3.8, 4) is 0 Å². The number of halogens is 1. The maximum atomic E-state index is 4.08. The van der Waals surface area contributed by atoms with E-state index in [0.717, 1.165) is 5.69 Å². The van der Waals surface area contributed by atoms with Gasteiger partial charge in [0.1, 0.15) is 0 Å². The fraction of sp³-hybridized carbons (Fsp3) is 0.182. The minimum absolute atomic E-state index is 0.317. The fourth-order valence-electron chi connectivity index (χ4n) is 1.31. The quantitative estimate of drug-likeness (QED) is 0.863. The van der Waals surface area contributed by atoms with Gasteiger partial charge in [-0.3, -0.25) is 4.98 Å². The van der Waals surface area contributed by atoms with Crippen LogP contribution in [0.25, 0.3) is 0 Å². The molecule has 4 heteroatoms. The van der Waals surface area contributed by atoms with Crippen molar-refractivity contribution in [2.45, 2.75) is 13.0 Å². The number of hydrogen-bond acceptors (Lipinski definition) is 3. The first kappa shape index (κ1) is 10.9. The summed E-state index contributed by atoms with van der Waals surface area (Å²) in [5.74, 6) is 0. The van der Waals surface area contributed by atoms with E-state index in [9.17, 15) is 0 Å². The molecule has 0 saturated carbocycles. The molecule has 2 rings (SSSR count). The van der Waals surface area contributed by atoms with Crippen LogP contribution >= 0.6 is 33.9 Å². The van der Waals surface area contributed by atoms with Gasteiger partial charge >= 0.3 is 0 Å². The highest BCUT2D eigenvalue weighted by atomic mass is 127. The Kier molecular flexibility index (Phi) is 3.58. The van der Waals surface area contributed by atoms with Gasteiger partial charge < -0.3 is 5.32 Å². The third-order valence-corrected chi connectivity index (χ3v) is 3.78. The van der Waals surface area contributed by atoms with Gasteiger partial charge in [0.2, 0.25) is 0 Å². The Morgan fingerprint density at radius 1 is 1.33 bits per heavy atom. The van der Waals surface area contributed by atoms with Crippen LogP contribution in [-0.2, 0) is 0 Å². The molecule has 2 nitrogen and oxygen atoms in total. The molecule has 1 unspecified atom stereocenters. The van der Waals surface area contributed by atoms with Crippen molar-refractivity contribution in [2.75, 3.05) is 5.32 Å². The summed E-state index contributed by atoms with van der Waals surface area (Å²) in [5, 5.41) is 3.44. The minimum Gasteiger partial charge on any atom is -0.378 e. The van der Waals surface area contributed by atoms with Gasteiger partial charge in [0.05, 0.1) is 11.6 Å². The van der Waals surface area contributed by atoms with E-state index in [-0.39, 0.29) is 0 Å². The number of anilines is 1. The Hall–Kier alpha value is -0.620. The topological polar surface area (TPSA) is 24.9 Å². The standard InChI is InChI=1S/C11H11IN2S/c1-8(11-6-13-7-15-11)14-10-4-2-9(12)3-5-10/h2-8,14H,1H3. The van der Waals surface area contributed by atoms with Gasteiger partial charge in [-0.1, -0.05) is 0 Å². The van der Waals surface area contributed by atoms with Crippen LogP contribution in [0.4, 0.5) is 5.69 Å². The summed E-state index contributed by atoms with van der Waals surface area (Å²) in [5.41, 5.74) is 3.01. The number of nitrogens with zero attached hydrogens (tertiary/aromatic N) is 1. The highest BCUT2D eigenvalue weighted by Gasteiger charge is 2.06. The van der Waals surface area contributed by atoms with Crippen LogP contribution in [0.1, 0.15) is 17.8 Å². The molecule has 0 spiro atoms. The van der Waals surface area contributed by atoms with Crippen molar-refractivity contribution in [1.82, 2.24) is 4.98 Å². The number of aromatic nitrogens is 1. The third-order valence-electron chi connectivity index (χ3n) is 2.11. The zero-order chi connectivity index (χ0) is 10.7. The second-order valence-electron chi connectivity index (χ2n) is 3.28. The molecule has 78 valence electrons. The van der Waals surface area contributed by atoms with E-state index in [4.69, 9.17) is 0 Å². The molecule has 1 aromatic heterocycles. The van der Waals surface area contributed by atoms with Crippen LogP contribution in [0, 0.1) is 3.57 Å². The molecule has 2 aromatic rings. The highest BCUT2D eigenvalue weighted by Crippen LogP contribution is 2.22. The molecule has 1 N–H and O–H groups in total. The Morgan fingerprint density at radius 2 is 2.07 bits per heavy atom. The predicted octanol–water partition coefficient (Wildman–Crippen LogP) is 3.92. The van der Waals surface area contributed by atoms with Gasteiger partial charge in [-0.15, -0.1) is 11.3 Å². The van der Waals surface area contributed by atoms with Gasteiger partial charge in [-0.05, 0) is 53.8 Å². The van der Waals surface area contributed by atoms with Crippen LogP contribution in [0.5, 0.6) is 0 Å². The monoisotopic (exact) mass is 330 g/mol. The fourth-order valence-corrected chi connectivity index (χ4v) is 2.29. The van der Waals surface area contributed by atoms with Crippen molar-refractivity contribution in [1.29, 1.82) is 0 Å². The Balaban J connectivity index is 2.06. The molecule has 0 fully saturated rings. The average molecular weight is 330 g/mol. The molecule has 0 amide bonds. The number of nitrogens with one attached hydrogen (secondary N) is 1. The van der Waals surface area contributed by atoms with E-state index in [0.29, 0.717) is 6.04 Å². The molecule has 0 radical (unpaired) electrons. The molecular weight excluding hydrogens is 319 g/mol. The Bertz CT molecular complexity index is 411. The van der Waals surface area contributed by atoms with Crippen LogP contribution in [0.2, 0.25) is 0 Å². The minimum atomic E-state index is 0.317. The maximum Gasteiger partial charge on any atom is 0.0795 e. The summed E-state index contributed by atoms with van der Waals surface area (Å²) in [6.45, 7) is 2.14. The van der Waals surface area contributed by atoms with Gasteiger partial charge in [0.15, 0.2) is 0 Å².